The van der Waals surface area contributed by atoms with Gasteiger partial charge in [0.2, 0.25) is 0 Å². The van der Waals surface area contributed by atoms with Gasteiger partial charge in [0.25, 0.3) is 5.91 Å². The minimum absolute atomic E-state index is 0.175. The number of phenols is 1. The number of phenolic OH excluding ortho intramolecular Hbond substituents is 1. The molecule has 0 aliphatic carbocycles. The van der Waals surface area contributed by atoms with Gasteiger partial charge in [-0.05, 0) is 61.4 Å². The molecule has 0 fully saturated rings. The number of aromatic hydroxyl groups is 1. The van der Waals surface area contributed by atoms with E-state index in [4.69, 9.17) is 0 Å². The van der Waals surface area contributed by atoms with Crippen LogP contribution in [0.2, 0.25) is 0 Å². The molecule has 186 valence electrons. The van der Waals surface area contributed by atoms with E-state index in [2.05, 4.69) is 17.2 Å². The van der Waals surface area contributed by atoms with Crippen LogP contribution >= 0.6 is 0 Å². The van der Waals surface area contributed by atoms with E-state index in [1.807, 2.05) is 18.3 Å². The number of amides is 1. The highest BCUT2D eigenvalue weighted by molar-refractivity contribution is 6.04. The zero-order valence-electron chi connectivity index (χ0n) is 21.1. The lowest BCUT2D eigenvalue weighted by molar-refractivity contribution is 0.102. The fourth-order valence-corrected chi connectivity index (χ4v) is 4.05. The van der Waals surface area contributed by atoms with Crippen molar-refractivity contribution in [2.45, 2.75) is 103 Å². The summed E-state index contributed by atoms with van der Waals surface area (Å²) in [6.45, 7) is 2.28. The van der Waals surface area contributed by atoms with E-state index in [1.54, 1.807) is 36.4 Å². The Labute approximate surface area is 206 Å². The highest BCUT2D eigenvalue weighted by Gasteiger charge is 2.05. The molecule has 0 spiro atoms. The van der Waals surface area contributed by atoms with Gasteiger partial charge in [-0.15, -0.1) is 0 Å². The SMILES string of the molecule is CCCCCCCCCCCCCCCC/C=N/c1ccc(C(=O)Nc2ccc(O)cc2)cc1. The number of hydrogen-bond acceptors (Lipinski definition) is 3. The topological polar surface area (TPSA) is 61.7 Å². The number of nitrogens with zero attached hydrogens (tertiary/aromatic N) is 1. The summed E-state index contributed by atoms with van der Waals surface area (Å²) >= 11 is 0. The molecule has 0 aliphatic heterocycles. The van der Waals surface area contributed by atoms with Crippen LogP contribution in [-0.4, -0.2) is 17.2 Å². The number of carbonyl (C=O) groups excluding carboxylic acids is 1. The molecule has 4 nitrogen and oxygen atoms in total. The van der Waals surface area contributed by atoms with E-state index in [9.17, 15) is 9.90 Å². The number of benzene rings is 2. The Balaban J connectivity index is 1.47. The van der Waals surface area contributed by atoms with Crippen LogP contribution in [0.1, 0.15) is 114 Å². The molecule has 2 aromatic rings. The molecule has 0 radical (unpaired) electrons. The molecule has 1 amide bonds. The summed E-state index contributed by atoms with van der Waals surface area (Å²) in [4.78, 5) is 16.8. The zero-order chi connectivity index (χ0) is 24.3. The molecule has 0 heterocycles. The van der Waals surface area contributed by atoms with E-state index in [1.165, 1.54) is 89.9 Å². The number of rotatable bonds is 18. The van der Waals surface area contributed by atoms with Crippen LogP contribution in [0.4, 0.5) is 11.4 Å². The average Bonchev–Trinajstić information content (AvgIpc) is 2.85. The second kappa shape index (κ2) is 17.8. The molecule has 0 bridgehead atoms. The van der Waals surface area contributed by atoms with Gasteiger partial charge in [-0.3, -0.25) is 9.79 Å². The fraction of sp³-hybridized carbons (Fsp3) is 0.533. The third-order valence-electron chi connectivity index (χ3n) is 6.18. The minimum Gasteiger partial charge on any atom is -0.508 e. The van der Waals surface area contributed by atoms with Gasteiger partial charge in [0.05, 0.1) is 5.69 Å². The van der Waals surface area contributed by atoms with Crippen LogP contribution in [0.3, 0.4) is 0 Å². The van der Waals surface area contributed by atoms with Crippen LogP contribution in [0, 0.1) is 0 Å². The van der Waals surface area contributed by atoms with Gasteiger partial charge < -0.3 is 10.4 Å². The van der Waals surface area contributed by atoms with Crippen LogP contribution in [0.15, 0.2) is 53.5 Å². The van der Waals surface area contributed by atoms with E-state index in [-0.39, 0.29) is 11.7 Å². The monoisotopic (exact) mass is 464 g/mol. The van der Waals surface area contributed by atoms with Crippen molar-refractivity contribution >= 4 is 23.5 Å². The van der Waals surface area contributed by atoms with Crippen LogP contribution < -0.4 is 5.32 Å². The molecule has 2 aromatic carbocycles. The van der Waals surface area contributed by atoms with E-state index in [0.717, 1.165) is 12.1 Å². The van der Waals surface area contributed by atoms with Crippen LogP contribution in [-0.2, 0) is 0 Å². The quantitative estimate of drug-likeness (QED) is 0.131. The normalized spacial score (nSPS) is 11.2. The van der Waals surface area contributed by atoms with Gasteiger partial charge in [-0.2, -0.15) is 0 Å². The predicted molar refractivity (Wildman–Crippen MR) is 146 cm³/mol. The van der Waals surface area contributed by atoms with Crippen molar-refractivity contribution in [3.8, 4) is 5.75 Å². The van der Waals surface area contributed by atoms with E-state index >= 15 is 0 Å². The summed E-state index contributed by atoms with van der Waals surface area (Å²) < 4.78 is 0. The van der Waals surface area contributed by atoms with Gasteiger partial charge in [-0.25, -0.2) is 0 Å². The van der Waals surface area contributed by atoms with Gasteiger partial charge in [0.1, 0.15) is 5.75 Å². The molecular formula is C30H44N2O2. The molecule has 34 heavy (non-hydrogen) atoms. The highest BCUT2D eigenvalue weighted by Crippen LogP contribution is 2.17. The van der Waals surface area contributed by atoms with Crippen LogP contribution in [0.25, 0.3) is 0 Å². The second-order valence-electron chi connectivity index (χ2n) is 9.24. The first-order valence-corrected chi connectivity index (χ1v) is 13.4. The lowest BCUT2D eigenvalue weighted by Crippen LogP contribution is -2.11. The highest BCUT2D eigenvalue weighted by atomic mass is 16.3. The third kappa shape index (κ3) is 12.6. The van der Waals surface area contributed by atoms with Gasteiger partial charge >= 0.3 is 0 Å². The fourth-order valence-electron chi connectivity index (χ4n) is 4.05. The first-order chi connectivity index (χ1) is 16.7. The summed E-state index contributed by atoms with van der Waals surface area (Å²) in [6.07, 6.45) is 22.2. The van der Waals surface area contributed by atoms with Crippen molar-refractivity contribution in [3.63, 3.8) is 0 Å². The lowest BCUT2D eigenvalue weighted by atomic mass is 10.0. The molecular weight excluding hydrogens is 420 g/mol. The standard InChI is InChI=1S/C30H44N2O2/c1-2-3-4-5-6-7-8-9-10-11-12-13-14-15-16-25-31-27-19-17-26(18-20-27)30(34)32-28-21-23-29(33)24-22-28/h17-25,33H,2-16H2,1H3,(H,32,34)/b31-25+. The molecule has 0 saturated carbocycles. The van der Waals surface area contributed by atoms with Gasteiger partial charge in [0, 0.05) is 17.5 Å². The number of unbranched alkanes of at least 4 members (excludes halogenated alkanes) is 14. The third-order valence-corrected chi connectivity index (χ3v) is 6.18. The van der Waals surface area contributed by atoms with Crippen LogP contribution in [0.5, 0.6) is 5.75 Å². The molecule has 4 heteroatoms. The Hall–Kier alpha value is -2.62. The summed E-state index contributed by atoms with van der Waals surface area (Å²) in [5, 5.41) is 12.1. The van der Waals surface area contributed by atoms with Crippen molar-refractivity contribution in [1.29, 1.82) is 0 Å². The Morgan fingerprint density at radius 2 is 1.24 bits per heavy atom. The number of nitrogens with one attached hydrogen (secondary N) is 1. The van der Waals surface area contributed by atoms with Crippen molar-refractivity contribution in [2.24, 2.45) is 4.99 Å². The Morgan fingerprint density at radius 3 is 1.76 bits per heavy atom. The van der Waals surface area contributed by atoms with Crippen molar-refractivity contribution < 1.29 is 9.90 Å². The van der Waals surface area contributed by atoms with Gasteiger partial charge in [0.15, 0.2) is 0 Å². The number of hydrogen-bond donors (Lipinski definition) is 2. The second-order valence-corrected chi connectivity index (χ2v) is 9.24. The molecule has 2 N–H and O–H groups in total. The Morgan fingerprint density at radius 1 is 0.735 bits per heavy atom. The molecule has 0 atom stereocenters. The molecule has 0 unspecified atom stereocenters. The maximum absolute atomic E-state index is 12.3. The largest absolute Gasteiger partial charge is 0.508 e. The predicted octanol–water partition coefficient (Wildman–Crippen LogP) is 9.22. The molecule has 2 rings (SSSR count). The first-order valence-electron chi connectivity index (χ1n) is 13.4. The number of carbonyl (C=O) groups is 1. The summed E-state index contributed by atoms with van der Waals surface area (Å²) in [7, 11) is 0. The van der Waals surface area contributed by atoms with E-state index < -0.39 is 0 Å². The number of aliphatic imine (C=N–C) groups is 1. The first kappa shape index (κ1) is 27.6. The average molecular weight is 465 g/mol. The number of anilines is 1. The molecule has 0 aliphatic rings. The maximum Gasteiger partial charge on any atom is 0.255 e. The van der Waals surface area contributed by atoms with Crippen molar-refractivity contribution in [2.75, 3.05) is 5.32 Å². The summed E-state index contributed by atoms with van der Waals surface area (Å²) in [5.74, 6) is -0.00192. The summed E-state index contributed by atoms with van der Waals surface area (Å²) in [6, 6.07) is 13.7. The molecule has 0 saturated heterocycles. The minimum atomic E-state index is -0.177. The Bertz CT molecular complexity index is 813. The zero-order valence-corrected chi connectivity index (χ0v) is 21.1. The van der Waals surface area contributed by atoms with Crippen molar-refractivity contribution in [1.82, 2.24) is 0 Å². The Kier molecular flexibility index (Phi) is 14.5. The maximum atomic E-state index is 12.3. The van der Waals surface area contributed by atoms with Gasteiger partial charge in [-0.1, -0.05) is 90.4 Å². The van der Waals surface area contributed by atoms with Crippen molar-refractivity contribution in [3.05, 3.63) is 54.1 Å². The van der Waals surface area contributed by atoms with E-state index in [0.29, 0.717) is 11.3 Å². The smallest absolute Gasteiger partial charge is 0.255 e. The lowest BCUT2D eigenvalue weighted by Gasteiger charge is -2.05. The molecule has 0 aromatic heterocycles. The summed E-state index contributed by atoms with van der Waals surface area (Å²) in [5.41, 5.74) is 2.10.